The summed E-state index contributed by atoms with van der Waals surface area (Å²) in [6, 6.07) is 11.1. The molecule has 0 fully saturated rings. The van der Waals surface area contributed by atoms with Gasteiger partial charge in [0, 0.05) is 34.0 Å². The van der Waals surface area contributed by atoms with Crippen LogP contribution in [0.2, 0.25) is 0 Å². The van der Waals surface area contributed by atoms with Crippen molar-refractivity contribution in [1.82, 2.24) is 14.8 Å². The molecule has 2 aliphatic rings. The van der Waals surface area contributed by atoms with E-state index in [4.69, 9.17) is 9.47 Å². The van der Waals surface area contributed by atoms with Crippen molar-refractivity contribution in [2.45, 2.75) is 17.4 Å². The molecule has 4 aromatic rings. The van der Waals surface area contributed by atoms with Gasteiger partial charge in [-0.05, 0) is 36.4 Å². The van der Waals surface area contributed by atoms with Crippen molar-refractivity contribution in [1.29, 1.82) is 0 Å². The van der Waals surface area contributed by atoms with Crippen molar-refractivity contribution in [3.8, 4) is 11.5 Å². The Kier molecular flexibility index (Phi) is 5.29. The zero-order valence-electron chi connectivity index (χ0n) is 18.8. The molecule has 35 heavy (non-hydrogen) atoms. The van der Waals surface area contributed by atoms with Gasteiger partial charge >= 0.3 is 0 Å². The van der Waals surface area contributed by atoms with E-state index in [0.29, 0.717) is 35.7 Å². The second-order valence-electron chi connectivity index (χ2n) is 8.36. The van der Waals surface area contributed by atoms with Crippen molar-refractivity contribution in [3.05, 3.63) is 66.1 Å². The second-order valence-corrected chi connectivity index (χ2v) is 9.38. The predicted octanol–water partition coefficient (Wildman–Crippen LogP) is 3.91. The van der Waals surface area contributed by atoms with E-state index in [9.17, 15) is 9.59 Å². The molecule has 2 amide bonds. The first kappa shape index (κ1) is 21.5. The first-order chi connectivity index (χ1) is 17.1. The number of hydrogen-bond donors (Lipinski definition) is 2. The quantitative estimate of drug-likeness (QED) is 0.449. The summed E-state index contributed by atoms with van der Waals surface area (Å²) in [7, 11) is 1.64. The highest BCUT2D eigenvalue weighted by Crippen LogP contribution is 2.36. The van der Waals surface area contributed by atoms with Gasteiger partial charge < -0.3 is 20.1 Å². The fourth-order valence-corrected chi connectivity index (χ4v) is 5.14. The summed E-state index contributed by atoms with van der Waals surface area (Å²) >= 11 is 1.46. The minimum atomic E-state index is -0.272. The van der Waals surface area contributed by atoms with Crippen LogP contribution in [-0.2, 0) is 11.2 Å². The Bertz CT molecular complexity index is 1480. The first-order valence-corrected chi connectivity index (χ1v) is 12.1. The Morgan fingerprint density at radius 3 is 3.06 bits per heavy atom. The minimum absolute atomic E-state index is 0.0408. The highest BCUT2D eigenvalue weighted by Gasteiger charge is 2.25. The summed E-state index contributed by atoms with van der Waals surface area (Å²) in [6.07, 6.45) is 5.89. The molecule has 0 saturated heterocycles. The monoisotopic (exact) mass is 487 g/mol. The van der Waals surface area contributed by atoms with Crippen LogP contribution in [0, 0.1) is 0 Å². The zero-order chi connectivity index (χ0) is 23.9. The Morgan fingerprint density at radius 2 is 2.17 bits per heavy atom. The number of carbonyl (C=O) groups is 2. The van der Waals surface area contributed by atoms with E-state index < -0.39 is 0 Å². The van der Waals surface area contributed by atoms with Crippen molar-refractivity contribution < 1.29 is 19.1 Å². The summed E-state index contributed by atoms with van der Waals surface area (Å²) in [6.45, 7) is 0.446. The first-order valence-electron chi connectivity index (χ1n) is 11.1. The number of amides is 2. The standard InChI is InChI=1S/C25H21N5O4S/c1-33-17-3-4-20-18(8-17)19-7-16(12-34-22(19)10-26-20)30-11-15(9-27-30)28-25(32)14-2-5-23-21(6-14)29-24(31)13-35-23/h2-6,8-11,16H,7,12-13H2,1H3,(H,28,32)(H,29,31). The van der Waals surface area contributed by atoms with Gasteiger partial charge in [0.25, 0.3) is 5.91 Å². The zero-order valence-corrected chi connectivity index (χ0v) is 19.6. The highest BCUT2D eigenvalue weighted by molar-refractivity contribution is 8.00. The van der Waals surface area contributed by atoms with Crippen molar-refractivity contribution in [2.24, 2.45) is 0 Å². The molecule has 176 valence electrons. The van der Waals surface area contributed by atoms with E-state index >= 15 is 0 Å². The summed E-state index contributed by atoms with van der Waals surface area (Å²) in [5, 5.41) is 11.2. The van der Waals surface area contributed by atoms with E-state index in [1.807, 2.05) is 28.9 Å². The normalized spacial score (nSPS) is 16.6. The van der Waals surface area contributed by atoms with Gasteiger partial charge in [0.2, 0.25) is 5.91 Å². The topological polar surface area (TPSA) is 107 Å². The Morgan fingerprint density at radius 1 is 1.26 bits per heavy atom. The lowest BCUT2D eigenvalue weighted by molar-refractivity contribution is -0.113. The average Bonchev–Trinajstić information content (AvgIpc) is 3.35. The molecule has 2 N–H and O–H groups in total. The fraction of sp³-hybridized carbons (Fsp3) is 0.200. The van der Waals surface area contributed by atoms with Gasteiger partial charge in [-0.25, -0.2) is 0 Å². The molecular weight excluding hydrogens is 466 g/mol. The Balaban J connectivity index is 1.20. The molecule has 2 aromatic heterocycles. The van der Waals surface area contributed by atoms with Gasteiger partial charge in [0.1, 0.15) is 18.1 Å². The number of nitrogens with one attached hydrogen (secondary N) is 2. The molecule has 0 bridgehead atoms. The number of ether oxygens (including phenoxy) is 2. The van der Waals surface area contributed by atoms with Gasteiger partial charge in [0.05, 0.1) is 48.2 Å². The number of rotatable bonds is 4. The lowest BCUT2D eigenvalue weighted by Crippen LogP contribution is -2.25. The van der Waals surface area contributed by atoms with Gasteiger partial charge in [0.15, 0.2) is 0 Å². The van der Waals surface area contributed by atoms with E-state index in [1.165, 1.54) is 11.8 Å². The third kappa shape index (κ3) is 4.06. The third-order valence-corrected chi connectivity index (χ3v) is 7.20. The summed E-state index contributed by atoms with van der Waals surface area (Å²) < 4.78 is 13.2. The largest absolute Gasteiger partial charge is 0.497 e. The van der Waals surface area contributed by atoms with E-state index in [-0.39, 0.29) is 17.9 Å². The maximum absolute atomic E-state index is 12.8. The van der Waals surface area contributed by atoms with Crippen LogP contribution < -0.4 is 20.1 Å². The molecule has 0 saturated carbocycles. The van der Waals surface area contributed by atoms with Crippen LogP contribution in [0.3, 0.4) is 0 Å². The summed E-state index contributed by atoms with van der Waals surface area (Å²) in [4.78, 5) is 29.9. The number of methoxy groups -OCH3 is 1. The van der Waals surface area contributed by atoms with Crippen LogP contribution in [0.5, 0.6) is 11.5 Å². The lowest BCUT2D eigenvalue weighted by atomic mass is 9.99. The average molecular weight is 488 g/mol. The Labute approximate surface area is 204 Å². The number of anilines is 2. The summed E-state index contributed by atoms with van der Waals surface area (Å²) in [5.74, 6) is 1.57. The smallest absolute Gasteiger partial charge is 0.255 e. The number of benzene rings is 2. The SMILES string of the molecule is COc1ccc2ncc3c(c2c1)CC(n1cc(NC(=O)c2ccc4c(c2)NC(=O)CS4)cn1)CO3. The molecule has 1 atom stereocenters. The number of hydrogen-bond acceptors (Lipinski definition) is 7. The van der Waals surface area contributed by atoms with Crippen molar-refractivity contribution in [2.75, 3.05) is 30.1 Å². The number of pyridine rings is 1. The van der Waals surface area contributed by atoms with Crippen LogP contribution >= 0.6 is 11.8 Å². The van der Waals surface area contributed by atoms with Crippen LogP contribution in [-0.4, -0.2) is 46.0 Å². The highest BCUT2D eigenvalue weighted by atomic mass is 32.2. The molecular formula is C25H21N5O4S. The van der Waals surface area contributed by atoms with Crippen LogP contribution in [0.1, 0.15) is 22.0 Å². The lowest BCUT2D eigenvalue weighted by Gasteiger charge is -2.26. The van der Waals surface area contributed by atoms with Crippen LogP contribution in [0.15, 0.2) is 59.9 Å². The number of carbonyl (C=O) groups excluding carboxylic acids is 2. The van der Waals surface area contributed by atoms with Gasteiger partial charge in [-0.15, -0.1) is 11.8 Å². The molecule has 0 radical (unpaired) electrons. The van der Waals surface area contributed by atoms with Crippen molar-refractivity contribution in [3.63, 3.8) is 0 Å². The minimum Gasteiger partial charge on any atom is -0.497 e. The second kappa shape index (κ2) is 8.62. The molecule has 0 spiro atoms. The predicted molar refractivity (Wildman–Crippen MR) is 133 cm³/mol. The molecule has 4 heterocycles. The third-order valence-electron chi connectivity index (χ3n) is 6.13. The maximum Gasteiger partial charge on any atom is 0.255 e. The van der Waals surface area contributed by atoms with Crippen LogP contribution in [0.25, 0.3) is 10.9 Å². The molecule has 6 rings (SSSR count). The molecule has 2 aromatic carbocycles. The van der Waals surface area contributed by atoms with Gasteiger partial charge in [-0.1, -0.05) is 0 Å². The van der Waals surface area contributed by atoms with Gasteiger partial charge in [-0.2, -0.15) is 5.10 Å². The van der Waals surface area contributed by atoms with E-state index in [2.05, 4.69) is 20.7 Å². The maximum atomic E-state index is 12.8. The number of aromatic nitrogens is 3. The van der Waals surface area contributed by atoms with E-state index in [1.54, 1.807) is 37.8 Å². The molecule has 2 aliphatic heterocycles. The van der Waals surface area contributed by atoms with Crippen molar-refractivity contribution >= 4 is 45.9 Å². The molecule has 1 unspecified atom stereocenters. The molecule has 9 nitrogen and oxygen atoms in total. The number of nitrogens with zero attached hydrogens (tertiary/aromatic N) is 3. The molecule has 0 aliphatic carbocycles. The van der Waals surface area contributed by atoms with E-state index in [0.717, 1.165) is 32.9 Å². The number of thioether (sulfide) groups is 1. The number of fused-ring (bicyclic) bond motifs is 4. The Hall–Kier alpha value is -4.05. The molecule has 10 heteroatoms. The van der Waals surface area contributed by atoms with Crippen LogP contribution in [0.4, 0.5) is 11.4 Å². The summed E-state index contributed by atoms with van der Waals surface area (Å²) in [5.41, 5.74) is 3.63. The fourth-order valence-electron chi connectivity index (χ4n) is 4.35. The van der Waals surface area contributed by atoms with Gasteiger partial charge in [-0.3, -0.25) is 19.3 Å².